The highest BCUT2D eigenvalue weighted by Crippen LogP contribution is 2.26. The summed E-state index contributed by atoms with van der Waals surface area (Å²) in [5, 5.41) is 2.33. The van der Waals surface area contributed by atoms with Gasteiger partial charge in [-0.15, -0.1) is 0 Å². The molecule has 0 saturated carbocycles. The number of nitrogens with zero attached hydrogens (tertiary/aromatic N) is 3. The van der Waals surface area contributed by atoms with E-state index < -0.39 is 23.6 Å². The van der Waals surface area contributed by atoms with Crippen molar-refractivity contribution in [3.05, 3.63) is 24.3 Å². The quantitative estimate of drug-likeness (QED) is 0.847. The molecule has 2 atom stereocenters. The molecule has 1 aliphatic heterocycles. The van der Waals surface area contributed by atoms with Gasteiger partial charge in [-0.25, -0.2) is 0 Å². The van der Waals surface area contributed by atoms with Crippen molar-refractivity contribution in [1.82, 2.24) is 20.2 Å². The van der Waals surface area contributed by atoms with E-state index in [-0.39, 0.29) is 18.4 Å². The number of alkyl halides is 2. The van der Waals surface area contributed by atoms with Crippen molar-refractivity contribution in [1.29, 1.82) is 0 Å². The van der Waals surface area contributed by atoms with Gasteiger partial charge in [-0.1, -0.05) is 20.8 Å². The standard InChI is InChI=1S/C17H24F2N4O2/c1-11(2)12(3)8-15(24)23-7-4-13(10-23)22-16(25)17(18,19)14-9-20-5-6-21-14/h5-6,9,11-13H,4,7-8,10H2,1-3H3,(H,22,25). The zero-order chi connectivity index (χ0) is 18.6. The van der Waals surface area contributed by atoms with Crippen molar-refractivity contribution in [2.45, 2.75) is 45.6 Å². The number of halogens is 2. The van der Waals surface area contributed by atoms with Gasteiger partial charge in [0.2, 0.25) is 5.91 Å². The van der Waals surface area contributed by atoms with Gasteiger partial charge in [0, 0.05) is 37.9 Å². The summed E-state index contributed by atoms with van der Waals surface area (Å²) >= 11 is 0. The number of carbonyl (C=O) groups excluding carboxylic acids is 2. The predicted octanol–water partition coefficient (Wildman–Crippen LogP) is 1.97. The summed E-state index contributed by atoms with van der Waals surface area (Å²) in [6.07, 6.45) is 4.13. The maximum atomic E-state index is 14.1. The molecule has 1 aromatic heterocycles. The molecule has 0 spiro atoms. The molecule has 2 heterocycles. The molecular formula is C17H24F2N4O2. The number of carbonyl (C=O) groups is 2. The van der Waals surface area contributed by atoms with Crippen LogP contribution in [0.2, 0.25) is 0 Å². The number of nitrogens with one attached hydrogen (secondary N) is 1. The molecule has 1 fully saturated rings. The molecule has 1 N–H and O–H groups in total. The highest BCUT2D eigenvalue weighted by Gasteiger charge is 2.44. The van der Waals surface area contributed by atoms with E-state index in [0.29, 0.717) is 25.3 Å². The third kappa shape index (κ3) is 4.70. The zero-order valence-electron chi connectivity index (χ0n) is 14.7. The average Bonchev–Trinajstić information content (AvgIpc) is 3.04. The lowest BCUT2D eigenvalue weighted by Gasteiger charge is -2.22. The summed E-state index contributed by atoms with van der Waals surface area (Å²) in [6.45, 7) is 6.84. The van der Waals surface area contributed by atoms with Gasteiger partial charge in [-0.05, 0) is 18.3 Å². The minimum atomic E-state index is -3.75. The van der Waals surface area contributed by atoms with Crippen molar-refractivity contribution in [3.63, 3.8) is 0 Å². The van der Waals surface area contributed by atoms with Crippen LogP contribution in [0.4, 0.5) is 8.78 Å². The summed E-state index contributed by atoms with van der Waals surface area (Å²) in [5.74, 6) is -4.52. The Bertz CT molecular complexity index is 610. The number of likely N-dealkylation sites (tertiary alicyclic amines) is 1. The van der Waals surface area contributed by atoms with E-state index in [1.807, 2.05) is 6.92 Å². The summed E-state index contributed by atoms with van der Waals surface area (Å²) in [7, 11) is 0. The van der Waals surface area contributed by atoms with Crippen LogP contribution in [-0.4, -0.2) is 45.8 Å². The van der Waals surface area contributed by atoms with Gasteiger partial charge in [0.05, 0.1) is 6.20 Å². The number of aromatic nitrogens is 2. The third-order valence-corrected chi connectivity index (χ3v) is 4.68. The molecule has 8 heteroatoms. The Balaban J connectivity index is 1.90. The molecule has 1 saturated heterocycles. The number of hydrogen-bond donors (Lipinski definition) is 1. The van der Waals surface area contributed by atoms with Crippen LogP contribution < -0.4 is 5.32 Å². The van der Waals surface area contributed by atoms with Crippen LogP contribution in [0.15, 0.2) is 18.6 Å². The van der Waals surface area contributed by atoms with Crippen LogP contribution >= 0.6 is 0 Å². The summed E-state index contributed by atoms with van der Waals surface area (Å²) < 4.78 is 28.2. The maximum absolute atomic E-state index is 14.1. The van der Waals surface area contributed by atoms with E-state index >= 15 is 0 Å². The predicted molar refractivity (Wildman–Crippen MR) is 87.7 cm³/mol. The van der Waals surface area contributed by atoms with Gasteiger partial charge < -0.3 is 10.2 Å². The summed E-state index contributed by atoms with van der Waals surface area (Å²) in [6, 6.07) is -0.478. The van der Waals surface area contributed by atoms with E-state index in [2.05, 4.69) is 29.1 Å². The lowest BCUT2D eigenvalue weighted by atomic mass is 9.94. The second-order valence-electron chi connectivity index (χ2n) is 6.89. The molecular weight excluding hydrogens is 330 g/mol. The summed E-state index contributed by atoms with van der Waals surface area (Å²) in [5.41, 5.74) is -0.691. The largest absolute Gasteiger partial charge is 0.367 e. The smallest absolute Gasteiger partial charge is 0.346 e. The van der Waals surface area contributed by atoms with E-state index in [0.717, 1.165) is 12.4 Å². The molecule has 2 unspecified atom stereocenters. The molecule has 6 nitrogen and oxygen atoms in total. The topological polar surface area (TPSA) is 75.2 Å². The molecule has 0 aliphatic carbocycles. The van der Waals surface area contributed by atoms with E-state index in [4.69, 9.17) is 0 Å². The fraction of sp³-hybridized carbons (Fsp3) is 0.647. The lowest BCUT2D eigenvalue weighted by molar-refractivity contribution is -0.148. The van der Waals surface area contributed by atoms with Gasteiger partial charge in [-0.3, -0.25) is 19.6 Å². The number of hydrogen-bond acceptors (Lipinski definition) is 4. The van der Waals surface area contributed by atoms with Crippen molar-refractivity contribution in [2.24, 2.45) is 11.8 Å². The van der Waals surface area contributed by atoms with Gasteiger partial charge in [-0.2, -0.15) is 8.78 Å². The SMILES string of the molecule is CC(C)C(C)CC(=O)N1CCC(NC(=O)C(F)(F)c2cnccn2)C1. The highest BCUT2D eigenvalue weighted by molar-refractivity contribution is 5.84. The van der Waals surface area contributed by atoms with Gasteiger partial charge in [0.25, 0.3) is 5.91 Å². The minimum Gasteiger partial charge on any atom is -0.346 e. The molecule has 1 aliphatic rings. The Kier molecular flexibility index (Phi) is 6.02. The van der Waals surface area contributed by atoms with E-state index in [1.54, 1.807) is 4.90 Å². The fourth-order valence-electron chi connectivity index (χ4n) is 2.60. The Morgan fingerprint density at radius 1 is 1.36 bits per heavy atom. The van der Waals surface area contributed by atoms with Crippen LogP contribution in [-0.2, 0) is 15.5 Å². The lowest BCUT2D eigenvalue weighted by Crippen LogP contribution is -2.45. The second kappa shape index (κ2) is 7.84. The normalized spacial score (nSPS) is 19.1. The van der Waals surface area contributed by atoms with E-state index in [9.17, 15) is 18.4 Å². The number of amides is 2. The molecule has 2 rings (SSSR count). The van der Waals surface area contributed by atoms with Crippen LogP contribution in [0.5, 0.6) is 0 Å². The molecule has 0 radical (unpaired) electrons. The van der Waals surface area contributed by atoms with Crippen LogP contribution in [0, 0.1) is 11.8 Å². The van der Waals surface area contributed by atoms with Crippen molar-refractivity contribution >= 4 is 11.8 Å². The molecule has 2 amide bonds. The fourth-order valence-corrected chi connectivity index (χ4v) is 2.60. The maximum Gasteiger partial charge on any atom is 0.367 e. The first kappa shape index (κ1) is 19.2. The van der Waals surface area contributed by atoms with Gasteiger partial charge in [0.1, 0.15) is 5.69 Å². The Labute approximate surface area is 146 Å². The Morgan fingerprint density at radius 3 is 2.68 bits per heavy atom. The summed E-state index contributed by atoms with van der Waals surface area (Å²) in [4.78, 5) is 32.9. The van der Waals surface area contributed by atoms with Crippen LogP contribution in [0.3, 0.4) is 0 Å². The third-order valence-electron chi connectivity index (χ3n) is 4.68. The molecule has 1 aromatic rings. The first-order valence-corrected chi connectivity index (χ1v) is 8.44. The Morgan fingerprint density at radius 2 is 2.08 bits per heavy atom. The number of rotatable bonds is 6. The molecule has 138 valence electrons. The van der Waals surface area contributed by atoms with E-state index in [1.165, 1.54) is 6.20 Å². The van der Waals surface area contributed by atoms with Crippen molar-refractivity contribution in [2.75, 3.05) is 13.1 Å². The molecule has 0 aromatic carbocycles. The first-order valence-electron chi connectivity index (χ1n) is 8.44. The van der Waals surface area contributed by atoms with Crippen molar-refractivity contribution < 1.29 is 18.4 Å². The van der Waals surface area contributed by atoms with Crippen LogP contribution in [0.1, 0.15) is 39.3 Å². The monoisotopic (exact) mass is 354 g/mol. The molecule has 0 bridgehead atoms. The zero-order valence-corrected chi connectivity index (χ0v) is 14.7. The Hall–Kier alpha value is -2.12. The van der Waals surface area contributed by atoms with Gasteiger partial charge >= 0.3 is 5.92 Å². The van der Waals surface area contributed by atoms with Gasteiger partial charge in [0.15, 0.2) is 0 Å². The highest BCUT2D eigenvalue weighted by atomic mass is 19.3. The first-order chi connectivity index (χ1) is 11.7. The molecule has 25 heavy (non-hydrogen) atoms. The van der Waals surface area contributed by atoms with Crippen molar-refractivity contribution in [3.8, 4) is 0 Å². The minimum absolute atomic E-state index is 0.00126. The average molecular weight is 354 g/mol. The second-order valence-corrected chi connectivity index (χ2v) is 6.89. The van der Waals surface area contributed by atoms with Crippen LogP contribution in [0.25, 0.3) is 0 Å².